The van der Waals surface area contributed by atoms with E-state index in [1.807, 2.05) is 38.1 Å². The number of aryl methyl sites for hydroxylation is 2. The number of para-hydroxylation sites is 2. The fourth-order valence-electron chi connectivity index (χ4n) is 8.69. The molecule has 0 spiro atoms. The predicted octanol–water partition coefficient (Wildman–Crippen LogP) is 5.16. The molecule has 24 nitrogen and oxygen atoms in total. The summed E-state index contributed by atoms with van der Waals surface area (Å²) in [6, 6.07) is 24.7. The second kappa shape index (κ2) is 25.0. The number of sulfone groups is 4. The first-order valence-electron chi connectivity index (χ1n) is 24.2. The quantitative estimate of drug-likeness (QED) is 0.0995. The smallest absolute Gasteiger partial charge is 0.175 e. The van der Waals surface area contributed by atoms with Gasteiger partial charge in [-0.2, -0.15) is 10.5 Å². The van der Waals surface area contributed by atoms with Gasteiger partial charge in [0, 0.05) is 59.6 Å². The van der Waals surface area contributed by atoms with E-state index in [0.717, 1.165) is 35.8 Å². The number of benzene rings is 4. The van der Waals surface area contributed by atoms with Crippen LogP contribution in [0.3, 0.4) is 0 Å². The molecule has 0 aliphatic rings. The van der Waals surface area contributed by atoms with Crippen LogP contribution in [0.4, 0.5) is 0 Å². The van der Waals surface area contributed by atoms with Gasteiger partial charge in [-0.1, -0.05) is 24.3 Å². The summed E-state index contributed by atoms with van der Waals surface area (Å²) < 4.78 is 128. The van der Waals surface area contributed by atoms with Gasteiger partial charge in [-0.05, 0) is 85.6 Å². The number of aliphatic hydroxyl groups excluding tert-OH is 2. The molecule has 82 heavy (non-hydrogen) atoms. The highest BCUT2D eigenvalue weighted by atomic mass is 32.2. The van der Waals surface area contributed by atoms with Crippen LogP contribution >= 0.6 is 0 Å². The molecule has 0 radical (unpaired) electrons. The Morgan fingerprint density at radius 2 is 0.854 bits per heavy atom. The maximum absolute atomic E-state index is 13.4. The summed E-state index contributed by atoms with van der Waals surface area (Å²) in [5, 5.41) is 57.0. The van der Waals surface area contributed by atoms with Crippen LogP contribution in [0, 0.1) is 36.5 Å². The predicted molar refractivity (Wildman–Crippen MR) is 298 cm³/mol. The van der Waals surface area contributed by atoms with Gasteiger partial charge in [-0.3, -0.25) is 19.1 Å². The third-order valence-corrected chi connectivity index (χ3v) is 17.6. The average molecular weight is 1200 g/mol. The number of aliphatic hydroxyl groups is 2. The summed E-state index contributed by atoms with van der Waals surface area (Å²) in [5.74, 6) is -0.969. The highest BCUT2D eigenvalue weighted by Crippen LogP contribution is 2.39. The molecule has 4 aromatic heterocycles. The van der Waals surface area contributed by atoms with Crippen LogP contribution in [0.2, 0.25) is 0 Å². The molecule has 8 rings (SSSR count). The van der Waals surface area contributed by atoms with Crippen molar-refractivity contribution in [2.24, 2.45) is 0 Å². The Morgan fingerprint density at radius 3 is 1.15 bits per heavy atom. The molecule has 2 N–H and O–H groups in total. The van der Waals surface area contributed by atoms with E-state index >= 15 is 0 Å². The van der Waals surface area contributed by atoms with Crippen LogP contribution in [0.15, 0.2) is 120 Å². The van der Waals surface area contributed by atoms with Gasteiger partial charge in [0.05, 0.1) is 85.2 Å². The number of aromatic nitrogens is 8. The molecule has 0 amide bonds. The zero-order valence-corrected chi connectivity index (χ0v) is 48.5. The molecule has 4 heterocycles. The number of rotatable bonds is 20. The molecule has 0 unspecified atom stereocenters. The zero-order valence-electron chi connectivity index (χ0n) is 45.3. The van der Waals surface area contributed by atoms with Gasteiger partial charge in [0.15, 0.2) is 62.6 Å². The molecule has 428 valence electrons. The van der Waals surface area contributed by atoms with Crippen molar-refractivity contribution in [1.29, 1.82) is 10.5 Å². The van der Waals surface area contributed by atoms with E-state index in [2.05, 4.69) is 30.4 Å². The lowest BCUT2D eigenvalue weighted by Gasteiger charge is -2.18. The number of nitrogens with zero attached hydrogens (tertiary/aromatic N) is 10. The molecule has 0 saturated heterocycles. The molecule has 8 aromatic rings. The van der Waals surface area contributed by atoms with Gasteiger partial charge in [0.1, 0.15) is 45.9 Å². The first-order valence-corrected chi connectivity index (χ1v) is 31.6. The Hall–Kier alpha value is -8.64. The van der Waals surface area contributed by atoms with Gasteiger partial charge in [0.25, 0.3) is 0 Å². The SMILES string of the molecule is COc1cccc(OC)c1-n1c(CS(=O)(=O)C[C@@H](O)c2ccc(C#N)cc2S(C)(=O)=O)nnc1-c1cncc(C)c1.COc1cccc(OC)c1-n1c(CS(=O)(=O)C[C@H](O)c2ccc(C#N)cc2S(C)(=O)=O)nnc1-c1cncc(C)c1. The van der Waals surface area contributed by atoms with Crippen LogP contribution in [0.5, 0.6) is 23.0 Å². The maximum atomic E-state index is 13.4. The summed E-state index contributed by atoms with van der Waals surface area (Å²) in [5.41, 5.74) is 3.36. The lowest BCUT2D eigenvalue weighted by Crippen LogP contribution is -2.20. The summed E-state index contributed by atoms with van der Waals surface area (Å²) in [6.07, 6.45) is 4.88. The van der Waals surface area contributed by atoms with Gasteiger partial charge < -0.3 is 29.2 Å². The summed E-state index contributed by atoms with van der Waals surface area (Å²) in [7, 11) is -10.2. The van der Waals surface area contributed by atoms with Crippen molar-refractivity contribution in [3.63, 3.8) is 0 Å². The Balaban J connectivity index is 0.000000236. The van der Waals surface area contributed by atoms with Crippen molar-refractivity contribution in [2.45, 2.75) is 47.4 Å². The molecule has 0 aliphatic carbocycles. The fraction of sp³-hybridized carbons (Fsp3) is 0.259. The minimum Gasteiger partial charge on any atom is -0.494 e. The Morgan fingerprint density at radius 1 is 0.512 bits per heavy atom. The van der Waals surface area contributed by atoms with Crippen LogP contribution < -0.4 is 18.9 Å². The monoisotopic (exact) mass is 1190 g/mol. The van der Waals surface area contributed by atoms with Crippen LogP contribution in [-0.4, -0.2) is 136 Å². The molecule has 0 saturated carbocycles. The van der Waals surface area contributed by atoms with Crippen LogP contribution in [0.25, 0.3) is 34.2 Å². The Labute approximate surface area is 473 Å². The lowest BCUT2D eigenvalue weighted by atomic mass is 10.1. The highest BCUT2D eigenvalue weighted by Gasteiger charge is 2.32. The third kappa shape index (κ3) is 13.9. The summed E-state index contributed by atoms with van der Waals surface area (Å²) >= 11 is 0. The first-order chi connectivity index (χ1) is 38.8. The van der Waals surface area contributed by atoms with E-state index in [9.17, 15) is 43.9 Å². The molecule has 0 aliphatic heterocycles. The first kappa shape index (κ1) is 61.0. The van der Waals surface area contributed by atoms with Gasteiger partial charge in [-0.15, -0.1) is 20.4 Å². The molecule has 4 aromatic carbocycles. The molecule has 0 fully saturated rings. The largest absolute Gasteiger partial charge is 0.494 e. The lowest BCUT2D eigenvalue weighted by molar-refractivity contribution is 0.198. The van der Waals surface area contributed by atoms with Crippen LogP contribution in [-0.2, 0) is 50.9 Å². The van der Waals surface area contributed by atoms with E-state index < -0.39 is 74.6 Å². The van der Waals surface area contributed by atoms with Crippen LogP contribution in [0.1, 0.15) is 57.2 Å². The van der Waals surface area contributed by atoms with Crippen molar-refractivity contribution >= 4 is 39.3 Å². The van der Waals surface area contributed by atoms with E-state index in [0.29, 0.717) is 45.5 Å². The Bertz CT molecular complexity index is 3950. The highest BCUT2D eigenvalue weighted by molar-refractivity contribution is 7.91. The molecular weight excluding hydrogens is 1140 g/mol. The van der Waals surface area contributed by atoms with Crippen molar-refractivity contribution in [1.82, 2.24) is 39.5 Å². The standard InChI is InChI=1S/2C27H27N5O7S2/c2*1-17-10-19(14-29-13-17)27-31-30-25(32(27)26-22(38-2)6-5-7-23(26)39-3)16-41(36,37)15-21(33)20-9-8-18(12-28)11-24(20)40(4,34)35/h2*5-11,13-14,21,33H,15-16H2,1-4H3/t2*21-/m10/s1. The normalized spacial score (nSPS) is 12.5. The van der Waals surface area contributed by atoms with E-state index in [1.165, 1.54) is 61.8 Å². The third-order valence-electron chi connectivity index (χ3n) is 12.3. The maximum Gasteiger partial charge on any atom is 0.175 e. The average Bonchev–Trinajstić information content (AvgIpc) is 4.21. The number of ether oxygens (including phenoxy) is 4. The number of pyridine rings is 2. The molecule has 28 heteroatoms. The van der Waals surface area contributed by atoms with Gasteiger partial charge >= 0.3 is 0 Å². The number of hydrogen-bond donors (Lipinski definition) is 2. The molecular formula is C54H54N10O14S4. The Kier molecular flexibility index (Phi) is 18.6. The second-order valence-corrected chi connectivity index (χ2v) is 26.7. The minimum absolute atomic E-state index is 0.000305. The zero-order chi connectivity index (χ0) is 59.9. The van der Waals surface area contributed by atoms with Gasteiger partial charge in [-0.25, -0.2) is 33.7 Å². The van der Waals surface area contributed by atoms with Gasteiger partial charge in [0.2, 0.25) is 0 Å². The van der Waals surface area contributed by atoms with Crippen molar-refractivity contribution in [3.8, 4) is 69.3 Å². The van der Waals surface area contributed by atoms with E-state index in [-0.39, 0.29) is 55.3 Å². The van der Waals surface area contributed by atoms with Crippen molar-refractivity contribution in [2.75, 3.05) is 52.5 Å². The van der Waals surface area contributed by atoms with Crippen molar-refractivity contribution in [3.05, 3.63) is 155 Å². The summed E-state index contributed by atoms with van der Waals surface area (Å²) in [6.45, 7) is 3.70. The number of hydrogen-bond acceptors (Lipinski definition) is 22. The second-order valence-electron chi connectivity index (χ2n) is 18.5. The number of nitriles is 2. The minimum atomic E-state index is -4.14. The van der Waals surface area contributed by atoms with E-state index in [1.54, 1.807) is 61.2 Å². The molecule has 0 bridgehead atoms. The topological polar surface area (TPSA) is 349 Å². The van der Waals surface area contributed by atoms with Crippen molar-refractivity contribution < 1.29 is 62.8 Å². The summed E-state index contributed by atoms with van der Waals surface area (Å²) in [4.78, 5) is 7.78. The van der Waals surface area contributed by atoms with E-state index in [4.69, 9.17) is 29.5 Å². The fourth-order valence-corrected chi connectivity index (χ4v) is 13.4. The molecule has 2 atom stereocenters. The number of methoxy groups -OCH3 is 4.